The van der Waals surface area contributed by atoms with Gasteiger partial charge in [0.15, 0.2) is 5.78 Å². The molecule has 2 aromatic carbocycles. The molecule has 2 aromatic rings. The maximum absolute atomic E-state index is 12.8. The number of ketones is 1. The van der Waals surface area contributed by atoms with Gasteiger partial charge in [-0.1, -0.05) is 37.1 Å². The molecule has 1 unspecified atom stereocenters. The molecule has 192 valence electrons. The predicted molar refractivity (Wildman–Crippen MR) is 144 cm³/mol. The van der Waals surface area contributed by atoms with Crippen LogP contribution in [0.4, 0.5) is 5.69 Å². The van der Waals surface area contributed by atoms with Crippen LogP contribution in [0.1, 0.15) is 91.9 Å². The van der Waals surface area contributed by atoms with Crippen LogP contribution in [0.15, 0.2) is 48.5 Å². The first kappa shape index (κ1) is 27.2. The number of unbranched alkanes of at least 4 members (excludes halogenated alkanes) is 3. The molecule has 0 saturated carbocycles. The van der Waals surface area contributed by atoms with Crippen molar-refractivity contribution in [3.05, 3.63) is 70.8 Å². The van der Waals surface area contributed by atoms with Crippen molar-refractivity contribution in [1.29, 1.82) is 0 Å². The minimum atomic E-state index is -0.766. The van der Waals surface area contributed by atoms with E-state index in [4.69, 9.17) is 5.11 Å². The van der Waals surface area contributed by atoms with E-state index in [-0.39, 0.29) is 24.2 Å². The number of fused-ring (bicyclic) bond motifs is 1. The number of rotatable bonds is 14. The van der Waals surface area contributed by atoms with Gasteiger partial charge in [-0.05, 0) is 86.6 Å². The van der Waals surface area contributed by atoms with E-state index in [1.807, 2.05) is 36.4 Å². The Morgan fingerprint density at radius 2 is 1.67 bits per heavy atom. The van der Waals surface area contributed by atoms with Gasteiger partial charge in [0.2, 0.25) is 0 Å². The van der Waals surface area contributed by atoms with Crippen LogP contribution in [0, 0.1) is 0 Å². The van der Waals surface area contributed by atoms with Gasteiger partial charge in [0, 0.05) is 37.2 Å². The number of amides is 1. The topological polar surface area (TPSA) is 86.7 Å². The van der Waals surface area contributed by atoms with E-state index in [9.17, 15) is 14.4 Å². The fourth-order valence-corrected chi connectivity index (χ4v) is 4.75. The van der Waals surface area contributed by atoms with E-state index in [0.29, 0.717) is 18.4 Å². The zero-order valence-electron chi connectivity index (χ0n) is 21.5. The molecule has 1 aliphatic carbocycles. The number of carboxylic acid groups (broad SMARTS) is 1. The summed E-state index contributed by atoms with van der Waals surface area (Å²) in [6.45, 7) is 6.11. The average Bonchev–Trinajstić information content (AvgIpc) is 3.27. The number of carboxylic acids is 1. The van der Waals surface area contributed by atoms with Crippen molar-refractivity contribution in [2.75, 3.05) is 18.0 Å². The number of anilines is 1. The standard InChI is InChI=1S/C30H38N2O4/c1-3-32(4-2)25-16-13-23(14-17-25)30(36)31-28-20-15-24-21-22(12-19-27(24)28)11-18-26(33)9-7-5-6-8-10-29(34)35/h11-14,16-19,21,28H,3-10,15,20H2,1-2H3,(H,31,36)(H,34,35). The average molecular weight is 491 g/mol. The summed E-state index contributed by atoms with van der Waals surface area (Å²) in [5.41, 5.74) is 5.14. The number of nitrogens with zero attached hydrogens (tertiary/aromatic N) is 1. The molecular weight excluding hydrogens is 452 g/mol. The number of carbonyl (C=O) groups excluding carboxylic acids is 2. The molecule has 6 nitrogen and oxygen atoms in total. The molecule has 0 fully saturated rings. The molecule has 1 aliphatic rings. The number of aryl methyl sites for hydroxylation is 1. The predicted octanol–water partition coefficient (Wildman–Crippen LogP) is 5.96. The van der Waals surface area contributed by atoms with Gasteiger partial charge in [-0.2, -0.15) is 0 Å². The Labute approximate surface area is 214 Å². The van der Waals surface area contributed by atoms with Crippen LogP contribution < -0.4 is 10.2 Å². The van der Waals surface area contributed by atoms with E-state index >= 15 is 0 Å². The highest BCUT2D eigenvalue weighted by Crippen LogP contribution is 2.32. The number of hydrogen-bond donors (Lipinski definition) is 2. The molecule has 1 amide bonds. The normalized spacial score (nSPS) is 14.6. The molecule has 0 aliphatic heterocycles. The van der Waals surface area contributed by atoms with Crippen LogP contribution in [-0.4, -0.2) is 35.9 Å². The minimum Gasteiger partial charge on any atom is -0.481 e. The first-order valence-electron chi connectivity index (χ1n) is 13.1. The van der Waals surface area contributed by atoms with Gasteiger partial charge in [0.05, 0.1) is 6.04 Å². The number of aliphatic carboxylic acids is 1. The fourth-order valence-electron chi connectivity index (χ4n) is 4.75. The molecule has 1 atom stereocenters. The zero-order chi connectivity index (χ0) is 25.9. The van der Waals surface area contributed by atoms with E-state index < -0.39 is 5.97 Å². The van der Waals surface area contributed by atoms with Crippen LogP contribution in [0.2, 0.25) is 0 Å². The molecule has 0 heterocycles. The number of nitrogens with one attached hydrogen (secondary N) is 1. The van der Waals surface area contributed by atoms with Crippen molar-refractivity contribution in [2.45, 2.75) is 71.3 Å². The Kier molecular flexibility index (Phi) is 10.3. The molecule has 0 bridgehead atoms. The maximum atomic E-state index is 12.8. The largest absolute Gasteiger partial charge is 0.481 e. The molecule has 36 heavy (non-hydrogen) atoms. The SMILES string of the molecule is CCN(CC)c1ccc(C(=O)NC2CCc3cc(C=CC(=O)CCCCCCC(=O)O)ccc32)cc1. The van der Waals surface area contributed by atoms with Crippen LogP contribution in [0.3, 0.4) is 0 Å². The van der Waals surface area contributed by atoms with E-state index in [2.05, 4.69) is 36.2 Å². The third-order valence-electron chi connectivity index (χ3n) is 6.83. The van der Waals surface area contributed by atoms with Crippen molar-refractivity contribution in [3.63, 3.8) is 0 Å². The van der Waals surface area contributed by atoms with Crippen LogP contribution >= 0.6 is 0 Å². The van der Waals surface area contributed by atoms with Crippen molar-refractivity contribution in [2.24, 2.45) is 0 Å². The van der Waals surface area contributed by atoms with Gasteiger partial charge < -0.3 is 15.3 Å². The summed E-state index contributed by atoms with van der Waals surface area (Å²) >= 11 is 0. The highest BCUT2D eigenvalue weighted by Gasteiger charge is 2.24. The van der Waals surface area contributed by atoms with E-state index in [0.717, 1.165) is 62.0 Å². The van der Waals surface area contributed by atoms with Crippen molar-refractivity contribution >= 4 is 29.4 Å². The summed E-state index contributed by atoms with van der Waals surface area (Å²) < 4.78 is 0. The first-order chi connectivity index (χ1) is 17.4. The molecule has 0 radical (unpaired) electrons. The minimum absolute atomic E-state index is 0.00394. The smallest absolute Gasteiger partial charge is 0.303 e. The van der Waals surface area contributed by atoms with E-state index in [1.165, 1.54) is 5.56 Å². The van der Waals surface area contributed by atoms with Crippen LogP contribution in [0.5, 0.6) is 0 Å². The zero-order valence-corrected chi connectivity index (χ0v) is 21.5. The Hall–Kier alpha value is -3.41. The van der Waals surface area contributed by atoms with E-state index in [1.54, 1.807) is 6.08 Å². The van der Waals surface area contributed by atoms with Crippen molar-refractivity contribution < 1.29 is 19.5 Å². The van der Waals surface area contributed by atoms with Gasteiger partial charge >= 0.3 is 5.97 Å². The molecule has 0 saturated heterocycles. The van der Waals surface area contributed by atoms with Crippen molar-refractivity contribution in [3.8, 4) is 0 Å². The molecule has 6 heteroatoms. The summed E-state index contributed by atoms with van der Waals surface area (Å²) in [4.78, 5) is 37.8. The summed E-state index contributed by atoms with van der Waals surface area (Å²) in [6.07, 6.45) is 9.10. The second-order valence-electron chi connectivity index (χ2n) is 9.35. The third kappa shape index (κ3) is 7.80. The second-order valence-corrected chi connectivity index (χ2v) is 9.35. The number of benzene rings is 2. The summed E-state index contributed by atoms with van der Waals surface area (Å²) in [7, 11) is 0. The number of carbonyl (C=O) groups is 3. The Morgan fingerprint density at radius 3 is 2.33 bits per heavy atom. The number of allylic oxidation sites excluding steroid dienone is 1. The lowest BCUT2D eigenvalue weighted by Gasteiger charge is -2.21. The third-order valence-corrected chi connectivity index (χ3v) is 6.83. The lowest BCUT2D eigenvalue weighted by Crippen LogP contribution is -2.27. The summed E-state index contributed by atoms with van der Waals surface area (Å²) in [5.74, 6) is -0.736. The fraction of sp³-hybridized carbons (Fsp3) is 0.433. The quantitative estimate of drug-likeness (QED) is 0.252. The monoisotopic (exact) mass is 490 g/mol. The molecule has 0 aromatic heterocycles. The lowest BCUT2D eigenvalue weighted by molar-refractivity contribution is -0.137. The molecule has 2 N–H and O–H groups in total. The summed E-state index contributed by atoms with van der Waals surface area (Å²) in [6, 6.07) is 13.9. The molecular formula is C30H38N2O4. The Balaban J connectivity index is 1.50. The van der Waals surface area contributed by atoms with Crippen LogP contribution in [0.25, 0.3) is 6.08 Å². The Bertz CT molecular complexity index is 1070. The first-order valence-corrected chi connectivity index (χ1v) is 13.1. The van der Waals surface area contributed by atoms with Gasteiger partial charge in [0.1, 0.15) is 0 Å². The van der Waals surface area contributed by atoms with Gasteiger partial charge in [-0.3, -0.25) is 14.4 Å². The molecule has 3 rings (SSSR count). The van der Waals surface area contributed by atoms with Crippen molar-refractivity contribution in [1.82, 2.24) is 5.32 Å². The second kappa shape index (κ2) is 13.6. The van der Waals surface area contributed by atoms with Crippen LogP contribution in [-0.2, 0) is 16.0 Å². The maximum Gasteiger partial charge on any atom is 0.303 e. The number of hydrogen-bond acceptors (Lipinski definition) is 4. The highest BCUT2D eigenvalue weighted by atomic mass is 16.4. The summed E-state index contributed by atoms with van der Waals surface area (Å²) in [5, 5.41) is 11.8. The van der Waals surface area contributed by atoms with Gasteiger partial charge in [-0.25, -0.2) is 0 Å². The Morgan fingerprint density at radius 1 is 0.972 bits per heavy atom. The molecule has 0 spiro atoms. The lowest BCUT2D eigenvalue weighted by atomic mass is 10.0. The van der Waals surface area contributed by atoms with Gasteiger partial charge in [0.25, 0.3) is 5.91 Å². The van der Waals surface area contributed by atoms with Gasteiger partial charge in [-0.15, -0.1) is 0 Å². The highest BCUT2D eigenvalue weighted by molar-refractivity contribution is 5.95.